The number of fused-ring (bicyclic) bond motifs is 2. The number of amides is 1. The average Bonchev–Trinajstić information content (AvgIpc) is 3.22. The van der Waals surface area contributed by atoms with Gasteiger partial charge in [-0.15, -0.1) is 0 Å². The Labute approximate surface area is 172 Å². The molecule has 0 saturated carbocycles. The molecule has 0 atom stereocenters. The van der Waals surface area contributed by atoms with Crippen molar-refractivity contribution in [1.29, 1.82) is 0 Å². The molecule has 152 valence electrons. The first-order chi connectivity index (χ1) is 14.3. The lowest BCUT2D eigenvalue weighted by Crippen LogP contribution is -3.28. The third-order valence-corrected chi connectivity index (χ3v) is 6.68. The molecule has 1 saturated heterocycles. The lowest BCUT2D eigenvalue weighted by atomic mass is 10.0. The predicted molar refractivity (Wildman–Crippen MR) is 113 cm³/mol. The fourth-order valence-corrected chi connectivity index (χ4v) is 5.05. The molecule has 0 spiro atoms. The molecule has 2 aromatic carbocycles. The Morgan fingerprint density at radius 1 is 0.966 bits per heavy atom. The number of hydrogen-bond acceptors (Lipinski definition) is 2. The van der Waals surface area contributed by atoms with E-state index in [0.717, 1.165) is 76.6 Å². The van der Waals surface area contributed by atoms with E-state index in [4.69, 9.17) is 4.74 Å². The van der Waals surface area contributed by atoms with Crippen molar-refractivity contribution in [2.45, 2.75) is 25.8 Å². The zero-order valence-corrected chi connectivity index (χ0v) is 17.1. The van der Waals surface area contributed by atoms with Gasteiger partial charge in [-0.25, -0.2) is 0 Å². The van der Waals surface area contributed by atoms with Crippen molar-refractivity contribution >= 4 is 11.6 Å². The maximum Gasteiger partial charge on any atom is 0.282 e. The van der Waals surface area contributed by atoms with E-state index in [1.165, 1.54) is 21.6 Å². The van der Waals surface area contributed by atoms with Crippen LogP contribution in [0.2, 0.25) is 0 Å². The molecule has 1 amide bonds. The summed E-state index contributed by atoms with van der Waals surface area (Å²) in [4.78, 5) is 18.1. The number of anilines is 1. The molecule has 0 radical (unpaired) electrons. The number of carbonyl (C=O) groups excluding carboxylic acids is 1. The highest BCUT2D eigenvalue weighted by Gasteiger charge is 2.29. The highest BCUT2D eigenvalue weighted by atomic mass is 16.5. The summed E-state index contributed by atoms with van der Waals surface area (Å²) in [7, 11) is 0. The third-order valence-electron chi connectivity index (χ3n) is 6.68. The van der Waals surface area contributed by atoms with Crippen molar-refractivity contribution in [3.05, 3.63) is 59.2 Å². The van der Waals surface area contributed by atoms with Crippen molar-refractivity contribution in [3.8, 4) is 5.75 Å². The van der Waals surface area contributed by atoms with Crippen LogP contribution in [0.4, 0.5) is 5.69 Å². The van der Waals surface area contributed by atoms with Gasteiger partial charge in [-0.2, -0.15) is 0 Å². The number of carbonyl (C=O) groups is 1. The molecule has 29 heavy (non-hydrogen) atoms. The minimum atomic E-state index is 0.286. The van der Waals surface area contributed by atoms with Crippen LogP contribution < -0.4 is 19.4 Å². The first-order valence-corrected chi connectivity index (χ1v) is 11.1. The van der Waals surface area contributed by atoms with Gasteiger partial charge in [0.05, 0.1) is 6.61 Å². The van der Waals surface area contributed by atoms with Crippen molar-refractivity contribution in [2.24, 2.45) is 0 Å². The Balaban J connectivity index is 1.14. The molecule has 3 aliphatic heterocycles. The summed E-state index contributed by atoms with van der Waals surface area (Å²) in [5, 5.41) is 0. The van der Waals surface area contributed by atoms with E-state index >= 15 is 0 Å². The second-order valence-corrected chi connectivity index (χ2v) is 8.67. The molecule has 0 aromatic heterocycles. The summed E-state index contributed by atoms with van der Waals surface area (Å²) >= 11 is 0. The SMILES string of the molecule is O=C(C[NH+]1CC[NH+](Cc2ccc3c(c2)CCO3)CC1)N1CCCc2ccccc21. The summed E-state index contributed by atoms with van der Waals surface area (Å²) < 4.78 is 5.62. The summed E-state index contributed by atoms with van der Waals surface area (Å²) in [6, 6.07) is 15.1. The molecule has 5 rings (SSSR count). The summed E-state index contributed by atoms with van der Waals surface area (Å²) in [5.74, 6) is 1.35. The number of para-hydroxylation sites is 1. The van der Waals surface area contributed by atoms with Crippen LogP contribution in [0.15, 0.2) is 42.5 Å². The molecule has 1 fully saturated rings. The number of ether oxygens (including phenoxy) is 1. The minimum Gasteiger partial charge on any atom is -0.493 e. The van der Waals surface area contributed by atoms with Gasteiger partial charge in [0.15, 0.2) is 6.54 Å². The largest absolute Gasteiger partial charge is 0.493 e. The summed E-state index contributed by atoms with van der Waals surface area (Å²) in [6.07, 6.45) is 3.20. The van der Waals surface area contributed by atoms with Gasteiger partial charge in [0.1, 0.15) is 38.5 Å². The lowest BCUT2D eigenvalue weighted by molar-refractivity contribution is -1.02. The molecular weight excluding hydrogens is 362 g/mol. The number of hydrogen-bond donors (Lipinski definition) is 2. The van der Waals surface area contributed by atoms with Crippen LogP contribution in [0.5, 0.6) is 5.75 Å². The van der Waals surface area contributed by atoms with Gasteiger partial charge in [0, 0.05) is 24.2 Å². The molecule has 2 aromatic rings. The van der Waals surface area contributed by atoms with E-state index in [1.807, 2.05) is 11.0 Å². The second-order valence-electron chi connectivity index (χ2n) is 8.67. The maximum atomic E-state index is 13.0. The monoisotopic (exact) mass is 393 g/mol. The Bertz CT molecular complexity index is 889. The molecule has 0 unspecified atom stereocenters. The molecule has 3 heterocycles. The average molecular weight is 394 g/mol. The highest BCUT2D eigenvalue weighted by molar-refractivity contribution is 5.95. The van der Waals surface area contributed by atoms with Gasteiger partial charge in [-0.05, 0) is 48.2 Å². The molecule has 0 aliphatic carbocycles. The van der Waals surface area contributed by atoms with Crippen LogP contribution >= 0.6 is 0 Å². The highest BCUT2D eigenvalue weighted by Crippen LogP contribution is 2.27. The van der Waals surface area contributed by atoms with E-state index in [9.17, 15) is 4.79 Å². The van der Waals surface area contributed by atoms with Crippen LogP contribution in [-0.4, -0.2) is 51.8 Å². The van der Waals surface area contributed by atoms with E-state index in [2.05, 4.69) is 36.4 Å². The third kappa shape index (κ3) is 4.02. The van der Waals surface area contributed by atoms with Crippen LogP contribution in [0, 0.1) is 0 Å². The van der Waals surface area contributed by atoms with Gasteiger partial charge < -0.3 is 19.4 Å². The molecular formula is C24H31N3O2+2. The number of nitrogens with zero attached hydrogens (tertiary/aromatic N) is 1. The molecule has 3 aliphatic rings. The first-order valence-electron chi connectivity index (χ1n) is 11.1. The standard InChI is InChI=1S/C24H29N3O2/c28-24(27-10-3-5-20-4-1-2-6-22(20)27)18-26-13-11-25(12-14-26)17-19-7-8-23-21(16-19)9-15-29-23/h1-2,4,6-8,16H,3,5,9-15,17-18H2/p+2. The van der Waals surface area contributed by atoms with Gasteiger partial charge in [0.2, 0.25) is 0 Å². The summed E-state index contributed by atoms with van der Waals surface area (Å²) in [6.45, 7) is 7.80. The van der Waals surface area contributed by atoms with Gasteiger partial charge in [0.25, 0.3) is 5.91 Å². The Hall–Kier alpha value is -2.37. The minimum absolute atomic E-state index is 0.286. The topological polar surface area (TPSA) is 38.4 Å². The quantitative estimate of drug-likeness (QED) is 0.761. The van der Waals surface area contributed by atoms with Crippen LogP contribution in [0.25, 0.3) is 0 Å². The van der Waals surface area contributed by atoms with Crippen molar-refractivity contribution < 1.29 is 19.3 Å². The molecule has 5 heteroatoms. The number of aryl methyl sites for hydroxylation is 1. The fraction of sp³-hybridized carbons (Fsp3) is 0.458. The first kappa shape index (κ1) is 18.6. The number of nitrogens with one attached hydrogen (secondary N) is 2. The van der Waals surface area contributed by atoms with Gasteiger partial charge in [-0.1, -0.05) is 18.2 Å². The number of quaternary nitrogens is 2. The van der Waals surface area contributed by atoms with Crippen molar-refractivity contribution in [1.82, 2.24) is 0 Å². The Morgan fingerprint density at radius 3 is 2.69 bits per heavy atom. The van der Waals surface area contributed by atoms with E-state index < -0.39 is 0 Å². The normalized spacial score (nSPS) is 23.2. The molecule has 0 bridgehead atoms. The number of benzene rings is 2. The zero-order chi connectivity index (χ0) is 19.6. The van der Waals surface area contributed by atoms with E-state index in [1.54, 1.807) is 4.90 Å². The smallest absolute Gasteiger partial charge is 0.282 e. The second kappa shape index (κ2) is 8.17. The van der Waals surface area contributed by atoms with Gasteiger partial charge in [-0.3, -0.25) is 4.79 Å². The Morgan fingerprint density at radius 2 is 1.79 bits per heavy atom. The van der Waals surface area contributed by atoms with E-state index in [-0.39, 0.29) is 5.91 Å². The van der Waals surface area contributed by atoms with Crippen LogP contribution in [0.1, 0.15) is 23.1 Å². The van der Waals surface area contributed by atoms with Gasteiger partial charge >= 0.3 is 0 Å². The molecule has 2 N–H and O–H groups in total. The number of piperazine rings is 1. The molecule has 5 nitrogen and oxygen atoms in total. The Kier molecular flexibility index (Phi) is 5.25. The lowest BCUT2D eigenvalue weighted by Gasteiger charge is -2.33. The summed E-state index contributed by atoms with van der Waals surface area (Å²) in [5.41, 5.74) is 5.22. The predicted octanol–water partition coefficient (Wildman–Crippen LogP) is -0.116. The van der Waals surface area contributed by atoms with Crippen molar-refractivity contribution in [2.75, 3.05) is 50.8 Å². The zero-order valence-electron chi connectivity index (χ0n) is 17.1. The number of rotatable bonds is 4. The van der Waals surface area contributed by atoms with Crippen LogP contribution in [-0.2, 0) is 24.2 Å². The van der Waals surface area contributed by atoms with Crippen LogP contribution in [0.3, 0.4) is 0 Å². The fourth-order valence-electron chi connectivity index (χ4n) is 5.05. The van der Waals surface area contributed by atoms with Crippen molar-refractivity contribution in [3.63, 3.8) is 0 Å². The van der Waals surface area contributed by atoms with E-state index in [0.29, 0.717) is 6.54 Å². The maximum absolute atomic E-state index is 13.0.